The molecule has 0 saturated carbocycles. The highest BCUT2D eigenvalue weighted by Gasteiger charge is 2.19. The summed E-state index contributed by atoms with van der Waals surface area (Å²) in [6.07, 6.45) is 99.3. The van der Waals surface area contributed by atoms with Gasteiger partial charge < -0.3 is 14.2 Å². The molecule has 0 aromatic carbocycles. The van der Waals surface area contributed by atoms with Gasteiger partial charge in [0.25, 0.3) is 0 Å². The van der Waals surface area contributed by atoms with E-state index in [-0.39, 0.29) is 37.5 Å². The van der Waals surface area contributed by atoms with E-state index in [0.29, 0.717) is 19.3 Å². The number of allylic oxidation sites excluding steroid dienone is 28. The van der Waals surface area contributed by atoms with E-state index >= 15 is 0 Å². The normalized spacial score (nSPS) is 13.3. The molecule has 0 heterocycles. The number of rotatable bonds is 57. The number of carbonyl (C=O) groups excluding carboxylic acids is 3. The van der Waals surface area contributed by atoms with Gasteiger partial charge in [0.2, 0.25) is 0 Å². The second-order valence-electron chi connectivity index (χ2n) is 20.9. The first kappa shape index (κ1) is 75.8. The summed E-state index contributed by atoms with van der Waals surface area (Å²) < 4.78 is 16.9. The molecule has 0 amide bonds. The van der Waals surface area contributed by atoms with Crippen LogP contribution in [0.15, 0.2) is 170 Å². The maximum Gasteiger partial charge on any atom is 0.306 e. The molecule has 454 valence electrons. The number of hydrogen-bond acceptors (Lipinski definition) is 6. The van der Waals surface area contributed by atoms with Crippen molar-refractivity contribution in [1.82, 2.24) is 0 Å². The fraction of sp³-hybridized carbons (Fsp3) is 0.587. The molecule has 1 atom stereocenters. The first-order chi connectivity index (χ1) is 40.0. The highest BCUT2D eigenvalue weighted by molar-refractivity contribution is 5.71. The summed E-state index contributed by atoms with van der Waals surface area (Å²) in [7, 11) is 0. The van der Waals surface area contributed by atoms with Crippen LogP contribution in [-0.4, -0.2) is 37.2 Å². The van der Waals surface area contributed by atoms with Crippen molar-refractivity contribution in [3.8, 4) is 0 Å². The number of unbranched alkanes of at least 4 members (excludes halogenated alkanes) is 18. The molecule has 0 aliphatic carbocycles. The zero-order chi connectivity index (χ0) is 58.5. The van der Waals surface area contributed by atoms with Crippen molar-refractivity contribution in [2.24, 2.45) is 0 Å². The molecule has 81 heavy (non-hydrogen) atoms. The molecule has 0 aliphatic rings. The Bertz CT molecular complexity index is 1860. The maximum atomic E-state index is 12.9. The van der Waals surface area contributed by atoms with Crippen molar-refractivity contribution in [3.63, 3.8) is 0 Å². The third-order valence-corrected chi connectivity index (χ3v) is 13.2. The summed E-state index contributed by atoms with van der Waals surface area (Å²) in [6, 6.07) is 0. The van der Waals surface area contributed by atoms with Crippen LogP contribution in [0.2, 0.25) is 0 Å². The van der Waals surface area contributed by atoms with Crippen LogP contribution in [0.4, 0.5) is 0 Å². The Balaban J connectivity index is 4.47. The van der Waals surface area contributed by atoms with E-state index in [1.165, 1.54) is 64.2 Å². The van der Waals surface area contributed by atoms with Gasteiger partial charge in [-0.2, -0.15) is 0 Å². The van der Waals surface area contributed by atoms with E-state index < -0.39 is 6.10 Å². The van der Waals surface area contributed by atoms with Gasteiger partial charge >= 0.3 is 17.9 Å². The summed E-state index contributed by atoms with van der Waals surface area (Å²) >= 11 is 0. The van der Waals surface area contributed by atoms with E-state index in [9.17, 15) is 14.4 Å². The predicted octanol–water partition coefficient (Wildman–Crippen LogP) is 22.7. The van der Waals surface area contributed by atoms with Crippen molar-refractivity contribution in [1.29, 1.82) is 0 Å². The van der Waals surface area contributed by atoms with Gasteiger partial charge in [-0.05, 0) is 148 Å². The predicted molar refractivity (Wildman–Crippen MR) is 352 cm³/mol. The summed E-state index contributed by atoms with van der Waals surface area (Å²) in [4.78, 5) is 38.4. The molecule has 0 spiro atoms. The van der Waals surface area contributed by atoms with Crippen molar-refractivity contribution in [2.75, 3.05) is 13.2 Å². The molecule has 0 rings (SSSR count). The van der Waals surface area contributed by atoms with Crippen molar-refractivity contribution in [3.05, 3.63) is 170 Å². The lowest BCUT2D eigenvalue weighted by Crippen LogP contribution is -2.30. The summed E-state index contributed by atoms with van der Waals surface area (Å²) in [5.74, 6) is -0.984. The largest absolute Gasteiger partial charge is 0.462 e. The fourth-order valence-corrected chi connectivity index (χ4v) is 8.43. The lowest BCUT2D eigenvalue weighted by atomic mass is 10.0. The van der Waals surface area contributed by atoms with Crippen LogP contribution in [0.25, 0.3) is 0 Å². The minimum atomic E-state index is -0.820. The average molecular weight is 1120 g/mol. The molecule has 0 saturated heterocycles. The van der Waals surface area contributed by atoms with Crippen LogP contribution in [0.5, 0.6) is 0 Å². The Morgan fingerprint density at radius 1 is 0.247 bits per heavy atom. The minimum absolute atomic E-state index is 0.110. The second-order valence-corrected chi connectivity index (χ2v) is 20.9. The monoisotopic (exact) mass is 1110 g/mol. The van der Waals surface area contributed by atoms with E-state index in [4.69, 9.17) is 14.2 Å². The number of ether oxygens (including phenoxy) is 3. The quantitative estimate of drug-likeness (QED) is 0.0261. The van der Waals surface area contributed by atoms with E-state index in [1.807, 2.05) is 0 Å². The standard InChI is InChI=1S/C75H118O6/c1-4-7-10-13-16-19-22-25-28-30-32-34-36-37-39-40-42-44-47-50-53-56-59-62-65-68-74(77)80-71-72(70-79-73(76)67-64-61-58-55-52-49-46-27-24-21-18-15-12-9-6-3)81-75(78)69-66-63-60-57-54-51-48-45-43-41-38-35-33-31-29-26-23-20-17-14-11-8-5-2/h7-12,16-21,25-29,32-35,41,43,46,48,51-52,55,72H,4-6,13-15,22-24,30-31,36-40,42,44-45,47,49-50,53-54,56-71H2,1-3H3/b10-7-,11-8-,12-9-,19-16-,20-17-,21-18-,28-25-,29-26-,34-32-,35-33-,43-41-,46-27-,51-48-,55-52-. The van der Waals surface area contributed by atoms with Crippen LogP contribution in [0, 0.1) is 0 Å². The molecule has 0 aliphatic heterocycles. The topological polar surface area (TPSA) is 78.9 Å². The first-order valence-electron chi connectivity index (χ1n) is 32.6. The van der Waals surface area contributed by atoms with Crippen LogP contribution in [0.3, 0.4) is 0 Å². The number of hydrogen-bond donors (Lipinski definition) is 0. The van der Waals surface area contributed by atoms with Gasteiger partial charge in [-0.15, -0.1) is 0 Å². The minimum Gasteiger partial charge on any atom is -0.462 e. The van der Waals surface area contributed by atoms with Gasteiger partial charge in [0, 0.05) is 19.3 Å². The smallest absolute Gasteiger partial charge is 0.306 e. The molecule has 0 fully saturated rings. The molecule has 6 heteroatoms. The molecule has 6 nitrogen and oxygen atoms in total. The zero-order valence-electron chi connectivity index (χ0n) is 52.0. The lowest BCUT2D eigenvalue weighted by Gasteiger charge is -2.18. The van der Waals surface area contributed by atoms with Gasteiger partial charge in [-0.1, -0.05) is 268 Å². The molecular formula is C75H118O6. The molecule has 0 N–H and O–H groups in total. The Morgan fingerprint density at radius 3 is 0.716 bits per heavy atom. The third-order valence-electron chi connectivity index (χ3n) is 13.2. The molecule has 0 bridgehead atoms. The summed E-state index contributed by atoms with van der Waals surface area (Å²) in [5, 5.41) is 0. The van der Waals surface area contributed by atoms with Crippen molar-refractivity contribution < 1.29 is 28.6 Å². The van der Waals surface area contributed by atoms with Crippen molar-refractivity contribution >= 4 is 17.9 Å². The Labute approximate surface area is 498 Å². The second kappa shape index (κ2) is 67.3. The van der Waals surface area contributed by atoms with Crippen LogP contribution in [-0.2, 0) is 28.6 Å². The third kappa shape index (κ3) is 65.5. The molecule has 0 aromatic heterocycles. The molecular weight excluding hydrogens is 997 g/mol. The summed E-state index contributed by atoms with van der Waals surface area (Å²) in [6.45, 7) is 6.24. The lowest BCUT2D eigenvalue weighted by molar-refractivity contribution is -0.167. The van der Waals surface area contributed by atoms with Gasteiger partial charge in [0.05, 0.1) is 0 Å². The maximum absolute atomic E-state index is 12.9. The van der Waals surface area contributed by atoms with Crippen LogP contribution >= 0.6 is 0 Å². The van der Waals surface area contributed by atoms with Crippen molar-refractivity contribution in [2.45, 2.75) is 271 Å². The SMILES string of the molecule is CC/C=C\C/C=C\C/C=C\C/C=C\C/C=C\C/C=C\CCCCCCC(=O)OC(COC(=O)CCCC/C=C\C/C=C\C/C=C\C/C=C\CC)COC(=O)CCCCCCCCCCCCCC/C=C\C/C=C\C/C=C\C/C=C\CC. The molecule has 0 aromatic rings. The number of carbonyl (C=O) groups is 3. The Morgan fingerprint density at radius 2 is 0.444 bits per heavy atom. The van der Waals surface area contributed by atoms with Crippen LogP contribution in [0.1, 0.15) is 265 Å². The first-order valence-corrected chi connectivity index (χ1v) is 32.6. The van der Waals surface area contributed by atoms with Gasteiger partial charge in [0.15, 0.2) is 6.10 Å². The van der Waals surface area contributed by atoms with Gasteiger partial charge in [0.1, 0.15) is 13.2 Å². The van der Waals surface area contributed by atoms with Crippen LogP contribution < -0.4 is 0 Å². The Kier molecular flexibility index (Phi) is 62.9. The molecule has 1 unspecified atom stereocenters. The Hall–Kier alpha value is -5.23. The van der Waals surface area contributed by atoms with Gasteiger partial charge in [-0.3, -0.25) is 14.4 Å². The summed E-state index contributed by atoms with van der Waals surface area (Å²) in [5.41, 5.74) is 0. The zero-order valence-corrected chi connectivity index (χ0v) is 52.0. The number of esters is 3. The fourth-order valence-electron chi connectivity index (χ4n) is 8.43. The van der Waals surface area contributed by atoms with E-state index in [1.54, 1.807) is 0 Å². The van der Waals surface area contributed by atoms with Gasteiger partial charge in [-0.25, -0.2) is 0 Å². The highest BCUT2D eigenvalue weighted by Crippen LogP contribution is 2.15. The average Bonchev–Trinajstić information content (AvgIpc) is 3.47. The highest BCUT2D eigenvalue weighted by atomic mass is 16.6. The van der Waals surface area contributed by atoms with E-state index in [2.05, 4.69) is 191 Å². The van der Waals surface area contributed by atoms with E-state index in [0.717, 1.165) is 154 Å². The molecule has 0 radical (unpaired) electrons.